The van der Waals surface area contributed by atoms with Crippen LogP contribution < -0.4 is 0 Å². The van der Waals surface area contributed by atoms with Crippen LogP contribution in [0.5, 0.6) is 0 Å². The summed E-state index contributed by atoms with van der Waals surface area (Å²) in [6.45, 7) is 3.80. The maximum Gasteiger partial charge on any atom is 0.293 e. The fraction of sp³-hybridized carbons (Fsp3) is 0.211. The lowest BCUT2D eigenvalue weighted by Gasteiger charge is -2.24. The van der Waals surface area contributed by atoms with E-state index >= 15 is 0 Å². The second-order valence-corrected chi connectivity index (χ2v) is 6.31. The zero-order valence-electron chi connectivity index (χ0n) is 14.3. The Morgan fingerprint density at radius 2 is 1.76 bits per heavy atom. The first kappa shape index (κ1) is 17.2. The molecule has 0 spiro atoms. The summed E-state index contributed by atoms with van der Waals surface area (Å²) in [7, 11) is 1.76. The maximum absolute atomic E-state index is 12.8. The van der Waals surface area contributed by atoms with E-state index in [4.69, 9.17) is 11.6 Å². The van der Waals surface area contributed by atoms with Crippen LogP contribution in [-0.2, 0) is 0 Å². The summed E-state index contributed by atoms with van der Waals surface area (Å²) in [5.41, 5.74) is 1.87. The molecule has 25 heavy (non-hydrogen) atoms. The van der Waals surface area contributed by atoms with Crippen LogP contribution in [0.3, 0.4) is 0 Å². The standard InChI is InChI=1S/C19H19ClN4O/c1-13(15-7-5-4-6-8-15)23(3)19(25)18-21-14(2)24(22-18)17-11-9-16(20)10-12-17/h4-13H,1-3H3/t13-/m1/s1. The molecule has 3 aromatic rings. The van der Waals surface area contributed by atoms with E-state index in [-0.39, 0.29) is 17.8 Å². The lowest BCUT2D eigenvalue weighted by molar-refractivity contribution is 0.0730. The SMILES string of the molecule is Cc1nc(C(=O)N(C)[C@H](C)c2ccccc2)nn1-c1ccc(Cl)cc1. The molecule has 3 rings (SSSR count). The molecule has 1 heterocycles. The van der Waals surface area contributed by atoms with Gasteiger partial charge in [-0.2, -0.15) is 0 Å². The maximum atomic E-state index is 12.8. The van der Waals surface area contributed by atoms with Crippen molar-refractivity contribution in [2.45, 2.75) is 19.9 Å². The molecule has 0 saturated carbocycles. The summed E-state index contributed by atoms with van der Waals surface area (Å²) in [5, 5.41) is 5.03. The molecule has 0 fully saturated rings. The minimum absolute atomic E-state index is 0.0727. The van der Waals surface area contributed by atoms with Crippen LogP contribution in [0.4, 0.5) is 0 Å². The van der Waals surface area contributed by atoms with E-state index in [1.54, 1.807) is 28.8 Å². The number of hydrogen-bond acceptors (Lipinski definition) is 3. The highest BCUT2D eigenvalue weighted by molar-refractivity contribution is 6.30. The second-order valence-electron chi connectivity index (χ2n) is 5.87. The molecule has 0 unspecified atom stereocenters. The van der Waals surface area contributed by atoms with Crippen LogP contribution in [0.2, 0.25) is 5.02 Å². The van der Waals surface area contributed by atoms with Crippen molar-refractivity contribution in [3.05, 3.63) is 76.8 Å². The molecule has 0 aliphatic rings. The summed E-state index contributed by atoms with van der Waals surface area (Å²) in [6, 6.07) is 17.0. The number of carbonyl (C=O) groups excluding carboxylic acids is 1. The first-order chi connectivity index (χ1) is 12.0. The van der Waals surface area contributed by atoms with Crippen LogP contribution in [-0.4, -0.2) is 32.6 Å². The third-order valence-corrected chi connectivity index (χ3v) is 4.47. The van der Waals surface area contributed by atoms with Crippen molar-refractivity contribution >= 4 is 17.5 Å². The molecule has 0 bridgehead atoms. The van der Waals surface area contributed by atoms with Gasteiger partial charge in [-0.3, -0.25) is 4.79 Å². The van der Waals surface area contributed by atoms with Gasteiger partial charge in [0.15, 0.2) is 0 Å². The highest BCUT2D eigenvalue weighted by Crippen LogP contribution is 2.20. The molecule has 1 atom stereocenters. The number of hydrogen-bond donors (Lipinski definition) is 0. The Kier molecular flexibility index (Phi) is 4.86. The number of carbonyl (C=O) groups is 1. The van der Waals surface area contributed by atoms with E-state index < -0.39 is 0 Å². The Hall–Kier alpha value is -2.66. The molecule has 1 aromatic heterocycles. The van der Waals surface area contributed by atoms with Gasteiger partial charge in [0.2, 0.25) is 5.82 Å². The zero-order valence-corrected chi connectivity index (χ0v) is 15.1. The van der Waals surface area contributed by atoms with Crippen molar-refractivity contribution in [2.24, 2.45) is 0 Å². The number of nitrogens with zero attached hydrogens (tertiary/aromatic N) is 4. The number of aryl methyl sites for hydroxylation is 1. The molecule has 0 aliphatic carbocycles. The summed E-state index contributed by atoms with van der Waals surface area (Å²) >= 11 is 5.92. The van der Waals surface area contributed by atoms with Crippen LogP contribution in [0.15, 0.2) is 54.6 Å². The van der Waals surface area contributed by atoms with E-state index in [0.29, 0.717) is 10.8 Å². The summed E-state index contributed by atoms with van der Waals surface area (Å²) in [6.07, 6.45) is 0. The molecular formula is C19H19ClN4O. The quantitative estimate of drug-likeness (QED) is 0.709. The molecule has 1 amide bonds. The summed E-state index contributed by atoms with van der Waals surface area (Å²) in [5.74, 6) is 0.608. The largest absolute Gasteiger partial charge is 0.332 e. The van der Waals surface area contributed by atoms with Crippen LogP contribution in [0, 0.1) is 6.92 Å². The first-order valence-corrected chi connectivity index (χ1v) is 8.37. The van der Waals surface area contributed by atoms with E-state index in [9.17, 15) is 4.79 Å². The highest BCUT2D eigenvalue weighted by atomic mass is 35.5. The van der Waals surface area contributed by atoms with Crippen molar-refractivity contribution in [1.82, 2.24) is 19.7 Å². The molecule has 0 aliphatic heterocycles. The minimum atomic E-state index is -0.216. The van der Waals surface area contributed by atoms with E-state index in [2.05, 4.69) is 10.1 Å². The molecule has 0 saturated heterocycles. The van der Waals surface area contributed by atoms with Gasteiger partial charge in [-0.25, -0.2) is 9.67 Å². The van der Waals surface area contributed by atoms with Crippen LogP contribution >= 0.6 is 11.6 Å². The van der Waals surface area contributed by atoms with Gasteiger partial charge in [0.25, 0.3) is 5.91 Å². The van der Waals surface area contributed by atoms with Gasteiger partial charge in [-0.1, -0.05) is 41.9 Å². The molecule has 2 aromatic carbocycles. The van der Waals surface area contributed by atoms with Crippen molar-refractivity contribution in [3.63, 3.8) is 0 Å². The lowest BCUT2D eigenvalue weighted by atomic mass is 10.1. The highest BCUT2D eigenvalue weighted by Gasteiger charge is 2.23. The third-order valence-electron chi connectivity index (χ3n) is 4.21. The predicted octanol–water partition coefficient (Wildman–Crippen LogP) is 4.06. The minimum Gasteiger partial charge on any atom is -0.332 e. The zero-order chi connectivity index (χ0) is 18.0. The summed E-state index contributed by atoms with van der Waals surface area (Å²) < 4.78 is 1.64. The first-order valence-electron chi connectivity index (χ1n) is 7.99. The molecule has 0 N–H and O–H groups in total. The summed E-state index contributed by atoms with van der Waals surface area (Å²) in [4.78, 5) is 18.8. The van der Waals surface area contributed by atoms with Crippen LogP contribution in [0.25, 0.3) is 5.69 Å². The Morgan fingerprint density at radius 3 is 2.40 bits per heavy atom. The topological polar surface area (TPSA) is 51.0 Å². The van der Waals surface area contributed by atoms with Gasteiger partial charge < -0.3 is 4.90 Å². The smallest absolute Gasteiger partial charge is 0.293 e. The second kappa shape index (κ2) is 7.07. The number of rotatable bonds is 4. The molecule has 5 nitrogen and oxygen atoms in total. The molecular weight excluding hydrogens is 336 g/mol. The van der Waals surface area contributed by atoms with Crippen molar-refractivity contribution < 1.29 is 4.79 Å². The van der Waals surface area contributed by atoms with Gasteiger partial charge in [0.05, 0.1) is 11.7 Å². The van der Waals surface area contributed by atoms with Gasteiger partial charge in [-0.05, 0) is 43.7 Å². The Balaban J connectivity index is 1.85. The van der Waals surface area contributed by atoms with Gasteiger partial charge in [0, 0.05) is 12.1 Å². The number of halogens is 1. The van der Waals surface area contributed by atoms with Gasteiger partial charge >= 0.3 is 0 Å². The molecule has 128 valence electrons. The Bertz CT molecular complexity index is 874. The average molecular weight is 355 g/mol. The van der Waals surface area contributed by atoms with E-state index in [1.165, 1.54) is 0 Å². The predicted molar refractivity (Wildman–Crippen MR) is 98.1 cm³/mol. The molecule has 0 radical (unpaired) electrons. The monoisotopic (exact) mass is 354 g/mol. The number of benzene rings is 2. The van der Waals surface area contributed by atoms with E-state index in [1.807, 2.05) is 56.3 Å². The van der Waals surface area contributed by atoms with Crippen LogP contribution in [0.1, 0.15) is 35.0 Å². The fourth-order valence-corrected chi connectivity index (χ4v) is 2.72. The Morgan fingerprint density at radius 1 is 1.12 bits per heavy atom. The Labute approximate surface area is 151 Å². The van der Waals surface area contributed by atoms with Crippen molar-refractivity contribution in [1.29, 1.82) is 0 Å². The number of amides is 1. The number of aromatic nitrogens is 3. The fourth-order valence-electron chi connectivity index (χ4n) is 2.60. The van der Waals surface area contributed by atoms with Crippen molar-refractivity contribution in [2.75, 3.05) is 7.05 Å². The van der Waals surface area contributed by atoms with E-state index in [0.717, 1.165) is 11.3 Å². The van der Waals surface area contributed by atoms with Gasteiger partial charge in [-0.15, -0.1) is 5.10 Å². The average Bonchev–Trinajstić information content (AvgIpc) is 3.03. The normalized spacial score (nSPS) is 12.0. The lowest BCUT2D eigenvalue weighted by Crippen LogP contribution is -2.30. The van der Waals surface area contributed by atoms with Crippen molar-refractivity contribution in [3.8, 4) is 5.69 Å². The van der Waals surface area contributed by atoms with Gasteiger partial charge in [0.1, 0.15) is 5.82 Å². The molecule has 6 heteroatoms. The third kappa shape index (κ3) is 3.56.